The molecule has 1 N–H and O–H groups in total. The number of likely N-dealkylation sites (N-methyl/N-ethyl adjacent to an activating group) is 1. The molecule has 2 aromatic rings. The van der Waals surface area contributed by atoms with Crippen LogP contribution in [0.15, 0.2) is 30.3 Å². The molecule has 3 rings (SSSR count). The molecule has 0 aromatic heterocycles. The van der Waals surface area contributed by atoms with Gasteiger partial charge in [0.25, 0.3) is 0 Å². The first-order chi connectivity index (χ1) is 12.9. The second-order valence-electron chi connectivity index (χ2n) is 6.26. The molecule has 0 saturated carbocycles. The molecule has 0 spiro atoms. The summed E-state index contributed by atoms with van der Waals surface area (Å²) in [6.45, 7) is 1.78. The van der Waals surface area contributed by atoms with Crippen molar-refractivity contribution in [2.24, 2.45) is 0 Å². The third kappa shape index (κ3) is 5.20. The first kappa shape index (κ1) is 20.1. The molecule has 1 amide bonds. The normalized spacial score (nSPS) is 13.4. The van der Waals surface area contributed by atoms with E-state index in [2.05, 4.69) is 5.32 Å². The Morgan fingerprint density at radius 1 is 1.11 bits per heavy atom. The summed E-state index contributed by atoms with van der Waals surface area (Å²) >= 11 is 18.5. The molecule has 0 fully saturated rings. The van der Waals surface area contributed by atoms with E-state index in [9.17, 15) is 4.79 Å². The first-order valence-corrected chi connectivity index (χ1v) is 9.58. The predicted molar refractivity (Wildman–Crippen MR) is 108 cm³/mol. The lowest BCUT2D eigenvalue weighted by molar-refractivity contribution is -0.117. The zero-order valence-electron chi connectivity index (χ0n) is 14.7. The van der Waals surface area contributed by atoms with Crippen molar-refractivity contribution in [2.45, 2.75) is 13.0 Å². The molecule has 1 aliphatic heterocycles. The van der Waals surface area contributed by atoms with Gasteiger partial charge in [-0.25, -0.2) is 0 Å². The van der Waals surface area contributed by atoms with Crippen molar-refractivity contribution in [3.8, 4) is 11.5 Å². The van der Waals surface area contributed by atoms with E-state index in [1.165, 1.54) is 0 Å². The van der Waals surface area contributed by atoms with Gasteiger partial charge in [-0.1, -0.05) is 46.9 Å². The molecule has 1 heterocycles. The van der Waals surface area contributed by atoms with Crippen molar-refractivity contribution in [1.29, 1.82) is 0 Å². The number of hydrogen-bond acceptors (Lipinski definition) is 4. The van der Waals surface area contributed by atoms with E-state index in [0.717, 1.165) is 12.0 Å². The number of nitrogens with one attached hydrogen (secondary N) is 1. The Labute approximate surface area is 173 Å². The van der Waals surface area contributed by atoms with Gasteiger partial charge in [0, 0.05) is 25.1 Å². The zero-order chi connectivity index (χ0) is 19.4. The van der Waals surface area contributed by atoms with Crippen LogP contribution in [0.4, 0.5) is 5.69 Å². The fraction of sp³-hybridized carbons (Fsp3) is 0.316. The summed E-state index contributed by atoms with van der Waals surface area (Å²) in [6, 6.07) is 8.78. The number of carbonyl (C=O) groups is 1. The molecule has 0 bridgehead atoms. The smallest absolute Gasteiger partial charge is 0.238 e. The number of nitrogens with zero attached hydrogens (tertiary/aromatic N) is 1. The maximum atomic E-state index is 12.4. The van der Waals surface area contributed by atoms with Crippen LogP contribution in [0.2, 0.25) is 15.1 Å². The number of ether oxygens (including phenoxy) is 2. The second-order valence-corrected chi connectivity index (χ2v) is 7.46. The summed E-state index contributed by atoms with van der Waals surface area (Å²) in [5.41, 5.74) is 1.34. The highest BCUT2D eigenvalue weighted by atomic mass is 35.5. The standard InChI is InChI=1S/C19H19Cl3N2O3/c1-24(10-12-4-2-5-13(20)19(12)22)11-18(25)23-15-9-17-16(8-14(15)21)26-6-3-7-27-17/h2,4-5,8-9H,3,6-7,10-11H2,1H3,(H,23,25). The van der Waals surface area contributed by atoms with E-state index < -0.39 is 0 Å². The highest BCUT2D eigenvalue weighted by Crippen LogP contribution is 2.37. The van der Waals surface area contributed by atoms with Crippen molar-refractivity contribution >= 4 is 46.4 Å². The number of halogens is 3. The number of fused-ring (bicyclic) bond motifs is 1. The summed E-state index contributed by atoms with van der Waals surface area (Å²) in [4.78, 5) is 14.2. The van der Waals surface area contributed by atoms with Crippen molar-refractivity contribution in [2.75, 3.05) is 32.1 Å². The Morgan fingerprint density at radius 3 is 2.56 bits per heavy atom. The Bertz CT molecular complexity index is 845. The summed E-state index contributed by atoms with van der Waals surface area (Å²) in [6.07, 6.45) is 0.796. The predicted octanol–water partition coefficient (Wildman–Crippen LogP) is 4.88. The molecule has 144 valence electrons. The van der Waals surface area contributed by atoms with Gasteiger partial charge in [-0.15, -0.1) is 0 Å². The molecule has 0 unspecified atom stereocenters. The summed E-state index contributed by atoms with van der Waals surface area (Å²) < 4.78 is 11.2. The topological polar surface area (TPSA) is 50.8 Å². The first-order valence-electron chi connectivity index (χ1n) is 8.44. The second kappa shape index (κ2) is 9.02. The van der Waals surface area contributed by atoms with E-state index in [0.29, 0.717) is 52.0 Å². The highest BCUT2D eigenvalue weighted by Gasteiger charge is 2.17. The average molecular weight is 430 g/mol. The van der Waals surface area contributed by atoms with Crippen LogP contribution in [0, 0.1) is 0 Å². The van der Waals surface area contributed by atoms with E-state index in [4.69, 9.17) is 44.3 Å². The van der Waals surface area contributed by atoms with E-state index in [-0.39, 0.29) is 12.5 Å². The average Bonchev–Trinajstić information content (AvgIpc) is 2.84. The molecular formula is C19H19Cl3N2O3. The summed E-state index contributed by atoms with van der Waals surface area (Å²) in [5, 5.41) is 4.20. The monoisotopic (exact) mass is 428 g/mol. The maximum absolute atomic E-state index is 12.4. The minimum Gasteiger partial charge on any atom is -0.490 e. The number of benzene rings is 2. The molecule has 0 atom stereocenters. The zero-order valence-corrected chi connectivity index (χ0v) is 17.0. The van der Waals surface area contributed by atoms with Gasteiger partial charge in [-0.2, -0.15) is 0 Å². The van der Waals surface area contributed by atoms with Crippen LogP contribution in [0.3, 0.4) is 0 Å². The van der Waals surface area contributed by atoms with Gasteiger partial charge in [0.1, 0.15) is 0 Å². The van der Waals surface area contributed by atoms with Gasteiger partial charge < -0.3 is 14.8 Å². The number of carbonyl (C=O) groups excluding carboxylic acids is 1. The Balaban J connectivity index is 1.63. The molecule has 2 aromatic carbocycles. The summed E-state index contributed by atoms with van der Waals surface area (Å²) in [5.74, 6) is 0.960. The van der Waals surface area contributed by atoms with Gasteiger partial charge in [0.05, 0.1) is 40.5 Å². The molecule has 0 saturated heterocycles. The van der Waals surface area contributed by atoms with Crippen LogP contribution in [0.5, 0.6) is 11.5 Å². The lowest BCUT2D eigenvalue weighted by atomic mass is 10.2. The Morgan fingerprint density at radius 2 is 1.81 bits per heavy atom. The third-order valence-corrected chi connectivity index (χ3v) is 5.17. The lowest BCUT2D eigenvalue weighted by Crippen LogP contribution is -2.30. The van der Waals surface area contributed by atoms with Gasteiger partial charge in [-0.05, 0) is 18.7 Å². The van der Waals surface area contributed by atoms with Crippen LogP contribution >= 0.6 is 34.8 Å². The fourth-order valence-corrected chi connectivity index (χ4v) is 3.31. The van der Waals surface area contributed by atoms with Crippen LogP contribution in [-0.2, 0) is 11.3 Å². The number of rotatable bonds is 5. The summed E-state index contributed by atoms with van der Waals surface area (Å²) in [7, 11) is 1.83. The molecule has 0 aliphatic carbocycles. The van der Waals surface area contributed by atoms with Gasteiger partial charge in [-0.3, -0.25) is 9.69 Å². The molecule has 27 heavy (non-hydrogen) atoms. The number of amides is 1. The Hall–Kier alpha value is -1.66. The van der Waals surface area contributed by atoms with E-state index >= 15 is 0 Å². The van der Waals surface area contributed by atoms with Crippen LogP contribution in [-0.4, -0.2) is 37.6 Å². The minimum absolute atomic E-state index is 0.160. The molecule has 1 aliphatic rings. The lowest BCUT2D eigenvalue weighted by Gasteiger charge is -2.18. The van der Waals surface area contributed by atoms with Gasteiger partial charge in [0.2, 0.25) is 5.91 Å². The SMILES string of the molecule is CN(CC(=O)Nc1cc2c(cc1Cl)OCCCO2)Cc1cccc(Cl)c1Cl. The van der Waals surface area contributed by atoms with E-state index in [1.807, 2.05) is 24.1 Å². The largest absolute Gasteiger partial charge is 0.490 e. The van der Waals surface area contributed by atoms with Crippen LogP contribution in [0.1, 0.15) is 12.0 Å². The highest BCUT2D eigenvalue weighted by molar-refractivity contribution is 6.42. The van der Waals surface area contributed by atoms with E-state index in [1.54, 1.807) is 18.2 Å². The quantitative estimate of drug-likeness (QED) is 0.736. The fourth-order valence-electron chi connectivity index (χ4n) is 2.73. The molecule has 8 heteroatoms. The van der Waals surface area contributed by atoms with Crippen molar-refractivity contribution < 1.29 is 14.3 Å². The minimum atomic E-state index is -0.202. The van der Waals surface area contributed by atoms with Crippen LogP contribution in [0.25, 0.3) is 0 Å². The number of hydrogen-bond donors (Lipinski definition) is 1. The molecule has 0 radical (unpaired) electrons. The van der Waals surface area contributed by atoms with Crippen LogP contribution < -0.4 is 14.8 Å². The van der Waals surface area contributed by atoms with Crippen molar-refractivity contribution in [3.05, 3.63) is 51.0 Å². The van der Waals surface area contributed by atoms with Crippen molar-refractivity contribution in [3.63, 3.8) is 0 Å². The maximum Gasteiger partial charge on any atom is 0.238 e. The Kier molecular flexibility index (Phi) is 6.71. The van der Waals surface area contributed by atoms with Gasteiger partial charge >= 0.3 is 0 Å². The molecular weight excluding hydrogens is 411 g/mol. The van der Waals surface area contributed by atoms with Gasteiger partial charge in [0.15, 0.2) is 11.5 Å². The van der Waals surface area contributed by atoms with Crippen molar-refractivity contribution in [1.82, 2.24) is 4.90 Å². The molecule has 5 nitrogen and oxygen atoms in total. The number of anilines is 1. The third-order valence-electron chi connectivity index (χ3n) is 4.00.